The molecule has 0 saturated carbocycles. The summed E-state index contributed by atoms with van der Waals surface area (Å²) < 4.78 is 68.2. The van der Waals surface area contributed by atoms with E-state index >= 15 is 0 Å². The molecule has 0 heterocycles. The number of aliphatic hydroxyl groups is 1. The molecule has 2 unspecified atom stereocenters. The summed E-state index contributed by atoms with van der Waals surface area (Å²) in [4.78, 5) is -3.51. The van der Waals surface area contributed by atoms with Gasteiger partial charge in [-0.3, -0.25) is 9.11 Å². The third-order valence-electron chi connectivity index (χ3n) is 5.14. The van der Waals surface area contributed by atoms with Crippen LogP contribution in [0.5, 0.6) is 0 Å². The highest BCUT2D eigenvalue weighted by atomic mass is 32.2. The predicted molar refractivity (Wildman–Crippen MR) is 127 cm³/mol. The van der Waals surface area contributed by atoms with E-state index in [1.165, 1.54) is 36.4 Å². The van der Waals surface area contributed by atoms with E-state index in [4.69, 9.17) is 0 Å². The fourth-order valence-electron chi connectivity index (χ4n) is 3.51. The van der Waals surface area contributed by atoms with Crippen molar-refractivity contribution in [1.29, 1.82) is 0 Å². The summed E-state index contributed by atoms with van der Waals surface area (Å²) in [5.41, 5.74) is 0.466. The average Bonchev–Trinajstić information content (AvgIpc) is 2.81. The summed E-state index contributed by atoms with van der Waals surface area (Å²) in [6.45, 7) is 0. The van der Waals surface area contributed by atoms with Crippen molar-refractivity contribution >= 4 is 43.4 Å². The zero-order valence-corrected chi connectivity index (χ0v) is 19.4. The van der Waals surface area contributed by atoms with Gasteiger partial charge in [-0.1, -0.05) is 42.5 Å². The van der Waals surface area contributed by atoms with E-state index < -0.39 is 36.1 Å². The molecule has 0 radical (unpaired) electrons. The molecule has 35 heavy (non-hydrogen) atoms. The summed E-state index contributed by atoms with van der Waals surface area (Å²) in [6, 6.07) is 20.7. The molecule has 0 spiro atoms. The Labute approximate surface area is 200 Å². The lowest BCUT2D eigenvalue weighted by molar-refractivity contribution is 0.136. The maximum absolute atomic E-state index is 12.2. The van der Waals surface area contributed by atoms with Gasteiger partial charge in [0.25, 0.3) is 15.1 Å². The number of fused-ring (bicyclic) bond motifs is 1. The molecule has 0 saturated heterocycles. The van der Waals surface area contributed by atoms with E-state index in [2.05, 4.69) is 20.5 Å². The Morgan fingerprint density at radius 1 is 0.657 bits per heavy atom. The number of nitrogens with zero attached hydrogens (tertiary/aromatic N) is 4. The highest BCUT2D eigenvalue weighted by molar-refractivity contribution is 7.91. The molecular formula is C22H18N4O7S2. The fourth-order valence-corrected chi connectivity index (χ4v) is 6.07. The number of hydrogen-bond donors (Lipinski definition) is 3. The molecule has 3 aromatic rings. The van der Waals surface area contributed by atoms with Gasteiger partial charge < -0.3 is 5.11 Å². The molecular weight excluding hydrogens is 496 g/mol. The minimum absolute atomic E-state index is 0.161. The van der Waals surface area contributed by atoms with E-state index in [0.29, 0.717) is 11.4 Å². The van der Waals surface area contributed by atoms with Crippen molar-refractivity contribution in [3.63, 3.8) is 0 Å². The van der Waals surface area contributed by atoms with Crippen LogP contribution in [0.1, 0.15) is 16.4 Å². The number of benzene rings is 3. The lowest BCUT2D eigenvalue weighted by Gasteiger charge is -2.35. The van der Waals surface area contributed by atoms with Crippen molar-refractivity contribution < 1.29 is 31.0 Å². The van der Waals surface area contributed by atoms with Gasteiger partial charge in [-0.2, -0.15) is 37.3 Å². The Hall–Kier alpha value is -3.62. The van der Waals surface area contributed by atoms with Crippen LogP contribution in [0.4, 0.5) is 17.1 Å². The number of hydrogen-bond acceptors (Lipinski definition) is 9. The number of rotatable bonds is 6. The highest BCUT2D eigenvalue weighted by Gasteiger charge is 2.60. The lowest BCUT2D eigenvalue weighted by atomic mass is 9.92. The second-order valence-electron chi connectivity index (χ2n) is 7.48. The van der Waals surface area contributed by atoms with Gasteiger partial charge in [-0.05, 0) is 53.6 Å². The smallest absolute Gasteiger partial charge is 0.303 e. The first-order valence-electron chi connectivity index (χ1n) is 9.95. The normalized spacial score (nSPS) is 20.7. The van der Waals surface area contributed by atoms with Gasteiger partial charge >= 0.3 is 10.1 Å². The van der Waals surface area contributed by atoms with E-state index in [0.717, 1.165) is 6.08 Å². The second kappa shape index (κ2) is 9.20. The molecule has 0 fully saturated rings. The Morgan fingerprint density at radius 3 is 1.69 bits per heavy atom. The Balaban J connectivity index is 1.71. The topological polar surface area (TPSA) is 178 Å². The van der Waals surface area contributed by atoms with Crippen LogP contribution in [0, 0.1) is 0 Å². The average molecular weight is 515 g/mol. The summed E-state index contributed by atoms with van der Waals surface area (Å²) in [5, 5.41) is 24.3. The van der Waals surface area contributed by atoms with Crippen LogP contribution < -0.4 is 0 Å². The molecule has 180 valence electrons. The molecule has 3 aromatic carbocycles. The van der Waals surface area contributed by atoms with Crippen molar-refractivity contribution in [2.24, 2.45) is 20.5 Å². The third kappa shape index (κ3) is 4.94. The largest absolute Gasteiger partial charge is 0.366 e. The molecule has 0 aliphatic heterocycles. The highest BCUT2D eigenvalue weighted by Crippen LogP contribution is 2.47. The molecule has 3 N–H and O–H groups in total. The first-order valence-corrected chi connectivity index (χ1v) is 12.9. The Bertz CT molecular complexity index is 1550. The van der Waals surface area contributed by atoms with Gasteiger partial charge in [0.2, 0.25) is 0 Å². The van der Waals surface area contributed by atoms with Crippen molar-refractivity contribution in [3.8, 4) is 0 Å². The lowest BCUT2D eigenvalue weighted by Crippen LogP contribution is -2.49. The zero-order valence-electron chi connectivity index (χ0n) is 17.7. The van der Waals surface area contributed by atoms with Gasteiger partial charge in [-0.25, -0.2) is 0 Å². The monoisotopic (exact) mass is 514 g/mol. The maximum Gasteiger partial charge on any atom is 0.303 e. The van der Waals surface area contributed by atoms with Crippen LogP contribution in [0.25, 0.3) is 6.08 Å². The third-order valence-corrected chi connectivity index (χ3v) is 7.72. The van der Waals surface area contributed by atoms with E-state index in [-0.39, 0.29) is 16.8 Å². The summed E-state index contributed by atoms with van der Waals surface area (Å²) in [5.74, 6) is 0. The number of azo groups is 2. The van der Waals surface area contributed by atoms with Crippen LogP contribution >= 0.6 is 0 Å². The molecule has 2 atom stereocenters. The molecule has 1 aliphatic carbocycles. The molecule has 0 bridgehead atoms. The standard InChI is InChI=1S/C22H18N4O7S2/c27-22(35(31,32)33)20(14-15-6-4-5-9-19(15)21(22)34(28,29)30)26-25-18-12-10-17(11-13-18)24-23-16-7-2-1-3-8-16/h1-14,21,27H,(H,28,29,30)(H,31,32,33). The van der Waals surface area contributed by atoms with Gasteiger partial charge in [-0.15, -0.1) is 0 Å². The second-order valence-corrected chi connectivity index (χ2v) is 10.6. The first kappa shape index (κ1) is 24.5. The van der Waals surface area contributed by atoms with Crippen molar-refractivity contribution in [3.05, 3.63) is 95.7 Å². The van der Waals surface area contributed by atoms with Crippen LogP contribution in [-0.4, -0.2) is 36.0 Å². The maximum atomic E-state index is 12.2. The molecule has 0 aromatic heterocycles. The van der Waals surface area contributed by atoms with Gasteiger partial charge in [0.05, 0.1) is 17.1 Å². The van der Waals surface area contributed by atoms with Crippen LogP contribution in [-0.2, 0) is 20.2 Å². The van der Waals surface area contributed by atoms with E-state index in [9.17, 15) is 31.0 Å². The van der Waals surface area contributed by atoms with E-state index in [1.807, 2.05) is 18.2 Å². The zero-order chi connectivity index (χ0) is 25.3. The van der Waals surface area contributed by atoms with Crippen LogP contribution in [0.15, 0.2) is 105 Å². The Morgan fingerprint density at radius 2 is 1.14 bits per heavy atom. The Kier molecular flexibility index (Phi) is 6.44. The first-order chi connectivity index (χ1) is 16.5. The van der Waals surface area contributed by atoms with Gasteiger partial charge in [0.1, 0.15) is 5.70 Å². The molecule has 1 aliphatic rings. The van der Waals surface area contributed by atoms with E-state index in [1.54, 1.807) is 24.3 Å². The predicted octanol–water partition coefficient (Wildman–Crippen LogP) is 4.75. The summed E-state index contributed by atoms with van der Waals surface area (Å²) >= 11 is 0. The molecule has 4 rings (SSSR count). The SMILES string of the molecule is O=S(=O)(O)C1c2ccccc2C=C(N=Nc2ccc(N=Nc3ccccc3)cc2)C1(O)S(=O)(=O)O. The summed E-state index contributed by atoms with van der Waals surface area (Å²) in [6.07, 6.45) is 1.07. The van der Waals surface area contributed by atoms with Crippen molar-refractivity contribution in [2.75, 3.05) is 0 Å². The minimum Gasteiger partial charge on any atom is -0.366 e. The van der Waals surface area contributed by atoms with Crippen molar-refractivity contribution in [2.45, 2.75) is 10.2 Å². The van der Waals surface area contributed by atoms with Crippen molar-refractivity contribution in [1.82, 2.24) is 0 Å². The van der Waals surface area contributed by atoms with Gasteiger partial charge in [0.15, 0.2) is 5.25 Å². The quantitative estimate of drug-likeness (QED) is 0.314. The van der Waals surface area contributed by atoms with Crippen LogP contribution in [0.2, 0.25) is 0 Å². The minimum atomic E-state index is -5.53. The molecule has 11 nitrogen and oxygen atoms in total. The fraction of sp³-hybridized carbons (Fsp3) is 0.0909. The molecule has 0 amide bonds. The summed E-state index contributed by atoms with van der Waals surface area (Å²) in [7, 11) is -10.8. The molecule has 13 heteroatoms. The van der Waals surface area contributed by atoms with Crippen LogP contribution in [0.3, 0.4) is 0 Å². The van der Waals surface area contributed by atoms with Gasteiger partial charge in [0, 0.05) is 0 Å².